The first-order valence-electron chi connectivity index (χ1n) is 5.48. The molecular weight excluding hydrogens is 240 g/mol. The quantitative estimate of drug-likeness (QED) is 0.908. The standard InChI is InChI=1S/C12H13F2N3O/c1-12(13,14)6-8-4-2-3-5-9(8)11-16-10(7-15)18-17-11/h2-5H,6-7,15H2,1H3. The molecular formula is C12H13F2N3O. The van der Waals surface area contributed by atoms with Gasteiger partial charge in [0.25, 0.3) is 0 Å². The molecule has 0 aliphatic heterocycles. The molecule has 2 rings (SSSR count). The Bertz CT molecular complexity index is 534. The molecule has 0 aliphatic carbocycles. The maximum absolute atomic E-state index is 13.1. The summed E-state index contributed by atoms with van der Waals surface area (Å²) in [5, 5.41) is 3.74. The van der Waals surface area contributed by atoms with E-state index in [-0.39, 0.29) is 24.7 Å². The van der Waals surface area contributed by atoms with Gasteiger partial charge >= 0.3 is 0 Å². The van der Waals surface area contributed by atoms with Gasteiger partial charge in [-0.1, -0.05) is 29.4 Å². The number of benzene rings is 1. The van der Waals surface area contributed by atoms with Crippen molar-refractivity contribution in [2.45, 2.75) is 25.8 Å². The van der Waals surface area contributed by atoms with Crippen LogP contribution in [0.15, 0.2) is 28.8 Å². The van der Waals surface area contributed by atoms with Gasteiger partial charge in [-0.3, -0.25) is 0 Å². The Labute approximate surface area is 103 Å². The van der Waals surface area contributed by atoms with E-state index >= 15 is 0 Å². The predicted octanol–water partition coefficient (Wildman–Crippen LogP) is 2.39. The molecule has 2 aromatic rings. The van der Waals surface area contributed by atoms with E-state index in [9.17, 15) is 8.78 Å². The van der Waals surface area contributed by atoms with Crippen molar-refractivity contribution in [3.63, 3.8) is 0 Å². The molecule has 6 heteroatoms. The van der Waals surface area contributed by atoms with E-state index in [1.54, 1.807) is 24.3 Å². The minimum Gasteiger partial charge on any atom is -0.338 e. The fourth-order valence-corrected chi connectivity index (χ4v) is 1.67. The second kappa shape index (κ2) is 4.81. The molecule has 1 heterocycles. The minimum atomic E-state index is -2.78. The second-order valence-electron chi connectivity index (χ2n) is 4.12. The van der Waals surface area contributed by atoms with Crippen molar-refractivity contribution in [1.29, 1.82) is 0 Å². The molecule has 0 aliphatic rings. The first-order valence-corrected chi connectivity index (χ1v) is 5.48. The van der Waals surface area contributed by atoms with Crippen LogP contribution in [-0.4, -0.2) is 16.1 Å². The monoisotopic (exact) mass is 253 g/mol. The number of aromatic nitrogens is 2. The lowest BCUT2D eigenvalue weighted by molar-refractivity contribution is 0.0227. The summed E-state index contributed by atoms with van der Waals surface area (Å²) in [5.74, 6) is -2.21. The normalized spacial score (nSPS) is 11.8. The van der Waals surface area contributed by atoms with Crippen molar-refractivity contribution < 1.29 is 13.3 Å². The summed E-state index contributed by atoms with van der Waals surface area (Å²) in [6.45, 7) is 1.00. The fraction of sp³-hybridized carbons (Fsp3) is 0.333. The Morgan fingerprint density at radius 2 is 2.06 bits per heavy atom. The highest BCUT2D eigenvalue weighted by atomic mass is 19.3. The largest absolute Gasteiger partial charge is 0.338 e. The highest BCUT2D eigenvalue weighted by Crippen LogP contribution is 2.26. The average molecular weight is 253 g/mol. The number of hydrogen-bond acceptors (Lipinski definition) is 4. The van der Waals surface area contributed by atoms with E-state index in [0.717, 1.165) is 6.92 Å². The third kappa shape index (κ3) is 2.89. The Balaban J connectivity index is 2.38. The van der Waals surface area contributed by atoms with Gasteiger partial charge in [-0.05, 0) is 12.5 Å². The molecule has 0 amide bonds. The van der Waals surface area contributed by atoms with Crippen LogP contribution in [0.5, 0.6) is 0 Å². The lowest BCUT2D eigenvalue weighted by atomic mass is 10.0. The molecule has 0 bridgehead atoms. The number of halogens is 2. The van der Waals surface area contributed by atoms with Crippen LogP contribution in [0.3, 0.4) is 0 Å². The average Bonchev–Trinajstić information content (AvgIpc) is 2.76. The van der Waals surface area contributed by atoms with Crippen molar-refractivity contribution in [3.05, 3.63) is 35.7 Å². The molecule has 0 spiro atoms. The van der Waals surface area contributed by atoms with Gasteiger partial charge in [0.2, 0.25) is 17.6 Å². The Kier molecular flexibility index (Phi) is 3.38. The molecule has 0 saturated carbocycles. The zero-order valence-corrected chi connectivity index (χ0v) is 9.86. The lowest BCUT2D eigenvalue weighted by Gasteiger charge is -2.12. The van der Waals surface area contributed by atoms with Crippen LogP contribution >= 0.6 is 0 Å². The number of rotatable bonds is 4. The van der Waals surface area contributed by atoms with E-state index in [1.807, 2.05) is 0 Å². The van der Waals surface area contributed by atoms with Crippen LogP contribution in [0.25, 0.3) is 11.4 Å². The number of nitrogens with two attached hydrogens (primary N) is 1. The lowest BCUT2D eigenvalue weighted by Crippen LogP contribution is -2.14. The van der Waals surface area contributed by atoms with Gasteiger partial charge in [0, 0.05) is 12.0 Å². The molecule has 0 fully saturated rings. The topological polar surface area (TPSA) is 64.9 Å². The highest BCUT2D eigenvalue weighted by molar-refractivity contribution is 5.59. The highest BCUT2D eigenvalue weighted by Gasteiger charge is 2.24. The molecule has 0 unspecified atom stereocenters. The van der Waals surface area contributed by atoms with Crippen molar-refractivity contribution >= 4 is 0 Å². The molecule has 0 radical (unpaired) electrons. The summed E-state index contributed by atoms with van der Waals surface area (Å²) in [7, 11) is 0. The smallest absolute Gasteiger partial charge is 0.249 e. The second-order valence-corrected chi connectivity index (χ2v) is 4.12. The van der Waals surface area contributed by atoms with Crippen molar-refractivity contribution in [2.24, 2.45) is 5.73 Å². The zero-order valence-electron chi connectivity index (χ0n) is 9.86. The van der Waals surface area contributed by atoms with Crippen molar-refractivity contribution in [2.75, 3.05) is 0 Å². The Morgan fingerprint density at radius 1 is 1.33 bits per heavy atom. The Morgan fingerprint density at radius 3 is 2.67 bits per heavy atom. The van der Waals surface area contributed by atoms with Crippen LogP contribution < -0.4 is 5.73 Å². The van der Waals surface area contributed by atoms with Gasteiger partial charge < -0.3 is 10.3 Å². The van der Waals surface area contributed by atoms with Crippen molar-refractivity contribution in [1.82, 2.24) is 10.1 Å². The van der Waals surface area contributed by atoms with Gasteiger partial charge in [0.05, 0.1) is 6.54 Å². The first kappa shape index (κ1) is 12.6. The number of nitrogens with zero attached hydrogens (tertiary/aromatic N) is 2. The van der Waals surface area contributed by atoms with Crippen LogP contribution in [0.2, 0.25) is 0 Å². The summed E-state index contributed by atoms with van der Waals surface area (Å²) in [6.07, 6.45) is -0.365. The predicted molar refractivity (Wildman–Crippen MR) is 62.0 cm³/mol. The van der Waals surface area contributed by atoms with E-state index in [4.69, 9.17) is 10.3 Å². The van der Waals surface area contributed by atoms with Gasteiger partial charge in [0.15, 0.2) is 0 Å². The SMILES string of the molecule is CC(F)(F)Cc1ccccc1-c1noc(CN)n1. The molecule has 1 aromatic carbocycles. The van der Waals surface area contributed by atoms with E-state index in [0.29, 0.717) is 11.1 Å². The molecule has 0 saturated heterocycles. The Hall–Kier alpha value is -1.82. The maximum atomic E-state index is 13.1. The summed E-state index contributed by atoms with van der Waals surface area (Å²) in [6, 6.07) is 6.76. The van der Waals surface area contributed by atoms with Gasteiger partial charge in [-0.15, -0.1) is 0 Å². The van der Waals surface area contributed by atoms with Gasteiger partial charge in [-0.25, -0.2) is 8.78 Å². The third-order valence-electron chi connectivity index (χ3n) is 2.40. The summed E-state index contributed by atoms with van der Waals surface area (Å²) in [4.78, 5) is 4.04. The fourth-order valence-electron chi connectivity index (χ4n) is 1.67. The zero-order chi connectivity index (χ0) is 13.2. The van der Waals surface area contributed by atoms with Gasteiger partial charge in [0.1, 0.15) is 0 Å². The summed E-state index contributed by atoms with van der Waals surface area (Å²) >= 11 is 0. The molecule has 0 atom stereocenters. The molecule has 1 aromatic heterocycles. The van der Waals surface area contributed by atoms with Crippen LogP contribution in [0.4, 0.5) is 8.78 Å². The summed E-state index contributed by atoms with van der Waals surface area (Å²) < 4.78 is 31.1. The number of alkyl halides is 2. The van der Waals surface area contributed by atoms with Crippen LogP contribution in [0.1, 0.15) is 18.4 Å². The van der Waals surface area contributed by atoms with Crippen LogP contribution in [0, 0.1) is 0 Å². The first-order chi connectivity index (χ1) is 8.49. The third-order valence-corrected chi connectivity index (χ3v) is 2.40. The van der Waals surface area contributed by atoms with E-state index in [2.05, 4.69) is 10.1 Å². The minimum absolute atomic E-state index is 0.124. The van der Waals surface area contributed by atoms with Gasteiger partial charge in [-0.2, -0.15) is 4.98 Å². The molecule has 18 heavy (non-hydrogen) atoms. The summed E-state index contributed by atoms with van der Waals surface area (Å²) in [5.41, 5.74) is 6.39. The molecule has 2 N–H and O–H groups in total. The van der Waals surface area contributed by atoms with Crippen LogP contribution in [-0.2, 0) is 13.0 Å². The molecule has 4 nitrogen and oxygen atoms in total. The molecule has 96 valence electrons. The number of hydrogen-bond donors (Lipinski definition) is 1. The van der Waals surface area contributed by atoms with E-state index in [1.165, 1.54) is 0 Å². The van der Waals surface area contributed by atoms with E-state index < -0.39 is 5.92 Å². The van der Waals surface area contributed by atoms with Crippen molar-refractivity contribution in [3.8, 4) is 11.4 Å². The maximum Gasteiger partial charge on any atom is 0.249 e.